The molecule has 0 amide bonds. The normalized spacial score (nSPS) is 15.2. The molecule has 8 heteroatoms. The second-order valence-corrected chi connectivity index (χ2v) is 6.54. The Balaban J connectivity index is 1.69. The molecule has 0 spiro atoms. The van der Waals surface area contributed by atoms with Gasteiger partial charge in [0.05, 0.1) is 10.6 Å². The van der Waals surface area contributed by atoms with E-state index in [1.54, 1.807) is 18.6 Å². The number of pyridine rings is 1. The Kier molecular flexibility index (Phi) is 4.43. The quantitative estimate of drug-likeness (QED) is 0.671. The Hall–Kier alpha value is -2.74. The number of hydrogen-bond acceptors (Lipinski definition) is 8. The van der Waals surface area contributed by atoms with Gasteiger partial charge in [-0.25, -0.2) is 9.97 Å². The maximum atomic E-state index is 5.22. The van der Waals surface area contributed by atoms with Crippen LogP contribution in [0.3, 0.4) is 0 Å². The second-order valence-electron chi connectivity index (χ2n) is 5.51. The van der Waals surface area contributed by atoms with Crippen molar-refractivity contribution in [3.63, 3.8) is 0 Å². The molecule has 4 rings (SSSR count). The molecule has 0 aromatic carbocycles. The van der Waals surface area contributed by atoms with E-state index < -0.39 is 0 Å². The van der Waals surface area contributed by atoms with Crippen molar-refractivity contribution in [1.82, 2.24) is 25.1 Å². The molecule has 0 aliphatic heterocycles. The summed E-state index contributed by atoms with van der Waals surface area (Å²) in [7, 11) is 0. The average molecular weight is 352 g/mol. The van der Waals surface area contributed by atoms with Crippen LogP contribution in [0.15, 0.2) is 35.9 Å². The summed E-state index contributed by atoms with van der Waals surface area (Å²) in [5.74, 6) is 0.567. The summed E-state index contributed by atoms with van der Waals surface area (Å²) in [4.78, 5) is 19.4. The lowest BCUT2D eigenvalue weighted by molar-refractivity contribution is 0.158. The molecule has 0 fully saturated rings. The standard InChI is InChI=1S/C17H16N6OS/c1-2-24-23-13-7-3-6-12-15(13)20-16(22-21-12)14-10-19-17(25-14)11-5-4-8-18-9-11/h4-5,8-10H,2-3,6-7H2,1H3/b23-13+. The van der Waals surface area contributed by atoms with Crippen molar-refractivity contribution in [1.29, 1.82) is 0 Å². The minimum atomic E-state index is 0.535. The van der Waals surface area contributed by atoms with Crippen molar-refractivity contribution in [3.05, 3.63) is 42.1 Å². The van der Waals surface area contributed by atoms with E-state index in [1.165, 1.54) is 11.3 Å². The van der Waals surface area contributed by atoms with Crippen molar-refractivity contribution in [2.45, 2.75) is 26.2 Å². The summed E-state index contributed by atoms with van der Waals surface area (Å²) in [6.45, 7) is 2.45. The Labute approximate surface area is 148 Å². The van der Waals surface area contributed by atoms with Gasteiger partial charge in [-0.2, -0.15) is 5.10 Å². The van der Waals surface area contributed by atoms with Gasteiger partial charge in [-0.3, -0.25) is 4.98 Å². The van der Waals surface area contributed by atoms with Gasteiger partial charge in [-0.1, -0.05) is 5.16 Å². The molecule has 0 saturated heterocycles. The lowest BCUT2D eigenvalue weighted by Crippen LogP contribution is -2.18. The van der Waals surface area contributed by atoms with E-state index >= 15 is 0 Å². The van der Waals surface area contributed by atoms with Crippen LogP contribution in [0.2, 0.25) is 0 Å². The first kappa shape index (κ1) is 15.8. The molecule has 126 valence electrons. The summed E-state index contributed by atoms with van der Waals surface area (Å²) in [5.41, 5.74) is 3.49. The zero-order chi connectivity index (χ0) is 17.1. The highest BCUT2D eigenvalue weighted by molar-refractivity contribution is 7.18. The highest BCUT2D eigenvalue weighted by Gasteiger charge is 2.22. The van der Waals surface area contributed by atoms with Crippen molar-refractivity contribution in [3.8, 4) is 21.3 Å². The Bertz CT molecular complexity index is 909. The topological polar surface area (TPSA) is 86.0 Å². The SMILES string of the molecule is CCO/N=C1\CCCc2nnc(-c3cnc(-c4cccnc4)s3)nc21. The summed E-state index contributed by atoms with van der Waals surface area (Å²) >= 11 is 1.52. The van der Waals surface area contributed by atoms with Gasteiger partial charge in [0.1, 0.15) is 23.0 Å². The van der Waals surface area contributed by atoms with E-state index in [0.29, 0.717) is 12.4 Å². The summed E-state index contributed by atoms with van der Waals surface area (Å²) in [6.07, 6.45) is 8.01. The molecule has 7 nitrogen and oxygen atoms in total. The predicted molar refractivity (Wildman–Crippen MR) is 95.3 cm³/mol. The highest BCUT2D eigenvalue weighted by atomic mass is 32.1. The number of aryl methyl sites for hydroxylation is 1. The van der Waals surface area contributed by atoms with Crippen LogP contribution in [-0.4, -0.2) is 37.5 Å². The molecular weight excluding hydrogens is 336 g/mol. The monoisotopic (exact) mass is 352 g/mol. The first-order valence-electron chi connectivity index (χ1n) is 8.14. The maximum absolute atomic E-state index is 5.22. The van der Waals surface area contributed by atoms with Gasteiger partial charge in [-0.05, 0) is 38.3 Å². The molecule has 0 radical (unpaired) electrons. The largest absolute Gasteiger partial charge is 0.396 e. The summed E-state index contributed by atoms with van der Waals surface area (Å²) in [6, 6.07) is 3.87. The number of rotatable bonds is 4. The zero-order valence-electron chi connectivity index (χ0n) is 13.7. The lowest BCUT2D eigenvalue weighted by Gasteiger charge is -2.15. The molecule has 0 N–H and O–H groups in total. The number of hydrogen-bond donors (Lipinski definition) is 0. The van der Waals surface area contributed by atoms with Crippen LogP contribution in [-0.2, 0) is 11.3 Å². The van der Waals surface area contributed by atoms with Crippen LogP contribution in [0.4, 0.5) is 0 Å². The third-order valence-electron chi connectivity index (χ3n) is 3.80. The first-order chi connectivity index (χ1) is 12.3. The van der Waals surface area contributed by atoms with Crippen LogP contribution in [0.25, 0.3) is 21.3 Å². The Morgan fingerprint density at radius 2 is 2.20 bits per heavy atom. The molecule has 0 atom stereocenters. The van der Waals surface area contributed by atoms with Crippen LogP contribution in [0, 0.1) is 0 Å². The highest BCUT2D eigenvalue weighted by Crippen LogP contribution is 2.30. The lowest BCUT2D eigenvalue weighted by atomic mass is 9.99. The fraction of sp³-hybridized carbons (Fsp3) is 0.294. The molecular formula is C17H16N6OS. The van der Waals surface area contributed by atoms with Gasteiger partial charge >= 0.3 is 0 Å². The molecule has 1 aliphatic rings. The van der Waals surface area contributed by atoms with Crippen molar-refractivity contribution < 1.29 is 4.84 Å². The minimum Gasteiger partial charge on any atom is -0.396 e. The van der Waals surface area contributed by atoms with Crippen molar-refractivity contribution >= 4 is 17.0 Å². The molecule has 3 aromatic heterocycles. The zero-order valence-corrected chi connectivity index (χ0v) is 14.5. The number of nitrogens with zero attached hydrogens (tertiary/aromatic N) is 6. The van der Waals surface area contributed by atoms with Crippen molar-refractivity contribution in [2.75, 3.05) is 6.61 Å². The van der Waals surface area contributed by atoms with E-state index in [0.717, 1.165) is 51.8 Å². The summed E-state index contributed by atoms with van der Waals surface area (Å²) in [5, 5.41) is 13.7. The van der Waals surface area contributed by atoms with Crippen LogP contribution >= 0.6 is 11.3 Å². The van der Waals surface area contributed by atoms with Gasteiger partial charge in [-0.15, -0.1) is 16.4 Å². The van der Waals surface area contributed by atoms with Gasteiger partial charge in [0.2, 0.25) is 0 Å². The van der Waals surface area contributed by atoms with Crippen LogP contribution in [0.1, 0.15) is 31.2 Å². The van der Waals surface area contributed by atoms with E-state index in [-0.39, 0.29) is 0 Å². The predicted octanol–water partition coefficient (Wildman–Crippen LogP) is 3.13. The van der Waals surface area contributed by atoms with Gasteiger partial charge in [0, 0.05) is 24.2 Å². The van der Waals surface area contributed by atoms with Crippen molar-refractivity contribution in [2.24, 2.45) is 5.16 Å². The van der Waals surface area contributed by atoms with Crippen LogP contribution in [0.5, 0.6) is 0 Å². The molecule has 0 saturated carbocycles. The van der Waals surface area contributed by atoms with Gasteiger partial charge in [0.15, 0.2) is 5.82 Å². The van der Waals surface area contributed by atoms with Crippen LogP contribution < -0.4 is 0 Å². The fourth-order valence-corrected chi connectivity index (χ4v) is 3.46. The van der Waals surface area contributed by atoms with E-state index in [1.807, 2.05) is 19.1 Å². The van der Waals surface area contributed by atoms with E-state index in [9.17, 15) is 0 Å². The molecule has 1 aliphatic carbocycles. The maximum Gasteiger partial charge on any atom is 0.194 e. The number of thiazole rings is 1. The molecule has 3 aromatic rings. The smallest absolute Gasteiger partial charge is 0.194 e. The minimum absolute atomic E-state index is 0.535. The Morgan fingerprint density at radius 3 is 3.04 bits per heavy atom. The van der Waals surface area contributed by atoms with E-state index in [2.05, 4.69) is 25.3 Å². The van der Waals surface area contributed by atoms with Gasteiger partial charge in [0.25, 0.3) is 0 Å². The third kappa shape index (κ3) is 3.25. The number of fused-ring (bicyclic) bond motifs is 1. The number of aromatic nitrogens is 5. The molecule has 25 heavy (non-hydrogen) atoms. The number of oxime groups is 1. The fourth-order valence-electron chi connectivity index (χ4n) is 2.62. The molecule has 0 bridgehead atoms. The first-order valence-corrected chi connectivity index (χ1v) is 8.96. The Morgan fingerprint density at radius 1 is 1.24 bits per heavy atom. The molecule has 3 heterocycles. The molecule has 0 unspecified atom stereocenters. The van der Waals surface area contributed by atoms with E-state index in [4.69, 9.17) is 9.82 Å². The average Bonchev–Trinajstić information content (AvgIpc) is 3.17. The third-order valence-corrected chi connectivity index (χ3v) is 4.84. The van der Waals surface area contributed by atoms with Gasteiger partial charge < -0.3 is 4.84 Å². The second kappa shape index (κ2) is 7.02. The summed E-state index contributed by atoms with van der Waals surface area (Å²) < 4.78 is 0.